The van der Waals surface area contributed by atoms with Crippen molar-refractivity contribution in [2.45, 2.75) is 6.42 Å². The summed E-state index contributed by atoms with van der Waals surface area (Å²) in [4.78, 5) is 21.6. The van der Waals surface area contributed by atoms with Gasteiger partial charge in [0.05, 0.1) is 4.92 Å². The van der Waals surface area contributed by atoms with Crippen molar-refractivity contribution in [3.05, 3.63) is 28.3 Å². The van der Waals surface area contributed by atoms with E-state index in [-0.39, 0.29) is 18.0 Å². The summed E-state index contributed by atoms with van der Waals surface area (Å²) < 4.78 is 0. The molecule has 0 radical (unpaired) electrons. The molecule has 7 nitrogen and oxygen atoms in total. The largest absolute Gasteiger partial charge is 0.382 e. The third-order valence-corrected chi connectivity index (χ3v) is 2.43. The Morgan fingerprint density at radius 2 is 2.00 bits per heavy atom. The summed E-state index contributed by atoms with van der Waals surface area (Å²) in [5.41, 5.74) is 0.817. The van der Waals surface area contributed by atoms with Crippen LogP contribution in [-0.2, 0) is 4.79 Å². The molecule has 0 heterocycles. The number of hydrogen-bond donors (Lipinski definition) is 3. The van der Waals surface area contributed by atoms with Crippen molar-refractivity contribution in [1.82, 2.24) is 5.32 Å². The van der Waals surface area contributed by atoms with Crippen molar-refractivity contribution in [3.63, 3.8) is 0 Å². The van der Waals surface area contributed by atoms with Gasteiger partial charge in [-0.3, -0.25) is 14.9 Å². The quantitative estimate of drug-likeness (QED) is 0.522. The molecule has 0 saturated heterocycles. The highest BCUT2D eigenvalue weighted by Crippen LogP contribution is 2.32. The number of nitrogens with one attached hydrogen (secondary N) is 3. The minimum Gasteiger partial charge on any atom is -0.382 e. The molecule has 0 aliphatic heterocycles. The van der Waals surface area contributed by atoms with Crippen molar-refractivity contribution < 1.29 is 9.72 Å². The van der Waals surface area contributed by atoms with E-state index in [2.05, 4.69) is 16.0 Å². The molecular weight excluding hydrogens is 236 g/mol. The molecule has 7 heteroatoms. The van der Waals surface area contributed by atoms with E-state index >= 15 is 0 Å². The number of benzene rings is 1. The minimum absolute atomic E-state index is 0.0168. The SMILES string of the molecule is CNC(=O)CCNc1cccc(NC)c1[N+](=O)[O-]. The Labute approximate surface area is 105 Å². The van der Waals surface area contributed by atoms with Crippen LogP contribution in [0.1, 0.15) is 6.42 Å². The summed E-state index contributed by atoms with van der Waals surface area (Å²) in [7, 11) is 3.17. The van der Waals surface area contributed by atoms with Gasteiger partial charge in [-0.2, -0.15) is 0 Å². The summed E-state index contributed by atoms with van der Waals surface area (Å²) in [5.74, 6) is -0.116. The fraction of sp³-hybridized carbons (Fsp3) is 0.364. The lowest BCUT2D eigenvalue weighted by atomic mass is 10.2. The molecule has 0 spiro atoms. The van der Waals surface area contributed by atoms with Gasteiger partial charge in [-0.15, -0.1) is 0 Å². The summed E-state index contributed by atoms with van der Waals surface area (Å²) in [6.45, 7) is 0.341. The standard InChI is InChI=1S/C11H16N4O3/c1-12-8-4-3-5-9(11(8)15(17)18)14-7-6-10(16)13-2/h3-5,12,14H,6-7H2,1-2H3,(H,13,16). The van der Waals surface area contributed by atoms with E-state index in [4.69, 9.17) is 0 Å². The van der Waals surface area contributed by atoms with Crippen LogP contribution >= 0.6 is 0 Å². The Morgan fingerprint density at radius 1 is 1.33 bits per heavy atom. The van der Waals surface area contributed by atoms with Crippen LogP contribution in [0.2, 0.25) is 0 Å². The number of hydrogen-bond acceptors (Lipinski definition) is 5. The second-order valence-electron chi connectivity index (χ2n) is 3.56. The number of nitrogens with zero attached hydrogens (tertiary/aromatic N) is 1. The van der Waals surface area contributed by atoms with Gasteiger partial charge in [0.25, 0.3) is 0 Å². The Balaban J connectivity index is 2.82. The maximum Gasteiger partial charge on any atom is 0.315 e. The fourth-order valence-corrected chi connectivity index (χ4v) is 1.52. The predicted octanol–water partition coefficient (Wildman–Crippen LogP) is 1.18. The lowest BCUT2D eigenvalue weighted by Gasteiger charge is -2.09. The van der Waals surface area contributed by atoms with Crippen molar-refractivity contribution in [1.29, 1.82) is 0 Å². The van der Waals surface area contributed by atoms with Crippen LogP contribution in [0.25, 0.3) is 0 Å². The van der Waals surface area contributed by atoms with Crippen LogP contribution < -0.4 is 16.0 Å². The number of carbonyl (C=O) groups excluding carboxylic acids is 1. The lowest BCUT2D eigenvalue weighted by Crippen LogP contribution is -2.21. The zero-order chi connectivity index (χ0) is 13.5. The normalized spacial score (nSPS) is 9.67. The van der Waals surface area contributed by atoms with Gasteiger partial charge in [-0.1, -0.05) is 6.07 Å². The first-order valence-electron chi connectivity index (χ1n) is 5.49. The molecule has 1 aromatic carbocycles. The van der Waals surface area contributed by atoms with E-state index in [0.717, 1.165) is 0 Å². The maximum atomic E-state index is 11.0. The molecule has 0 aliphatic carbocycles. The maximum absolute atomic E-state index is 11.0. The fourth-order valence-electron chi connectivity index (χ4n) is 1.52. The molecule has 3 N–H and O–H groups in total. The summed E-state index contributed by atoms with van der Waals surface area (Å²) in [6.07, 6.45) is 0.261. The molecular formula is C11H16N4O3. The molecule has 98 valence electrons. The summed E-state index contributed by atoms with van der Waals surface area (Å²) in [6, 6.07) is 4.95. The average molecular weight is 252 g/mol. The molecule has 0 unspecified atom stereocenters. The number of rotatable bonds is 6. The van der Waals surface area contributed by atoms with Crippen LogP contribution in [0.15, 0.2) is 18.2 Å². The number of anilines is 2. The number of nitro benzene ring substituents is 1. The van der Waals surface area contributed by atoms with Crippen LogP contribution in [0, 0.1) is 10.1 Å². The summed E-state index contributed by atoms with van der Waals surface area (Å²) >= 11 is 0. The first kappa shape index (κ1) is 13.8. The first-order valence-corrected chi connectivity index (χ1v) is 5.49. The van der Waals surface area contributed by atoms with E-state index < -0.39 is 4.92 Å². The highest BCUT2D eigenvalue weighted by molar-refractivity contribution is 5.78. The van der Waals surface area contributed by atoms with Crippen LogP contribution in [-0.4, -0.2) is 31.5 Å². The Morgan fingerprint density at radius 3 is 2.56 bits per heavy atom. The van der Waals surface area contributed by atoms with Gasteiger partial charge >= 0.3 is 5.69 Å². The Kier molecular flexibility index (Phi) is 4.91. The molecule has 1 rings (SSSR count). The lowest BCUT2D eigenvalue weighted by molar-refractivity contribution is -0.383. The number of para-hydroxylation sites is 1. The molecule has 18 heavy (non-hydrogen) atoms. The minimum atomic E-state index is -0.450. The monoisotopic (exact) mass is 252 g/mol. The molecule has 0 aromatic heterocycles. The van der Waals surface area contributed by atoms with E-state index in [0.29, 0.717) is 17.9 Å². The smallest absolute Gasteiger partial charge is 0.315 e. The van der Waals surface area contributed by atoms with Gasteiger partial charge in [0.15, 0.2) is 0 Å². The molecule has 0 fully saturated rings. The average Bonchev–Trinajstić information content (AvgIpc) is 2.37. The predicted molar refractivity (Wildman–Crippen MR) is 69.8 cm³/mol. The molecule has 0 atom stereocenters. The van der Waals surface area contributed by atoms with Crippen molar-refractivity contribution in [3.8, 4) is 0 Å². The second-order valence-corrected chi connectivity index (χ2v) is 3.56. The van der Waals surface area contributed by atoms with Gasteiger partial charge in [0.1, 0.15) is 11.4 Å². The third kappa shape index (κ3) is 3.34. The van der Waals surface area contributed by atoms with Gasteiger partial charge in [-0.05, 0) is 12.1 Å². The van der Waals surface area contributed by atoms with E-state index in [1.165, 1.54) is 0 Å². The Bertz CT molecular complexity index is 448. The van der Waals surface area contributed by atoms with Gasteiger partial charge in [0.2, 0.25) is 5.91 Å². The van der Waals surface area contributed by atoms with Crippen molar-refractivity contribution >= 4 is 23.0 Å². The van der Waals surface area contributed by atoms with E-state index in [1.54, 1.807) is 32.3 Å². The van der Waals surface area contributed by atoms with Crippen LogP contribution in [0.5, 0.6) is 0 Å². The zero-order valence-corrected chi connectivity index (χ0v) is 10.3. The van der Waals surface area contributed by atoms with Crippen LogP contribution in [0.4, 0.5) is 17.1 Å². The number of carbonyl (C=O) groups is 1. The van der Waals surface area contributed by atoms with Gasteiger partial charge in [0, 0.05) is 27.1 Å². The molecule has 1 aromatic rings. The van der Waals surface area contributed by atoms with Gasteiger partial charge in [-0.25, -0.2) is 0 Å². The molecule has 1 amide bonds. The van der Waals surface area contributed by atoms with Crippen molar-refractivity contribution in [2.24, 2.45) is 0 Å². The molecule has 0 saturated carbocycles. The van der Waals surface area contributed by atoms with Gasteiger partial charge < -0.3 is 16.0 Å². The second kappa shape index (κ2) is 6.43. The number of amides is 1. The highest BCUT2D eigenvalue weighted by Gasteiger charge is 2.18. The molecule has 0 bridgehead atoms. The molecule has 0 aliphatic rings. The van der Waals surface area contributed by atoms with Crippen LogP contribution in [0.3, 0.4) is 0 Å². The Hall–Kier alpha value is -2.31. The third-order valence-electron chi connectivity index (χ3n) is 2.43. The van der Waals surface area contributed by atoms with Crippen molar-refractivity contribution in [2.75, 3.05) is 31.3 Å². The summed E-state index contributed by atoms with van der Waals surface area (Å²) in [5, 5.41) is 19.1. The zero-order valence-electron chi connectivity index (χ0n) is 10.3. The van der Waals surface area contributed by atoms with E-state index in [1.807, 2.05) is 0 Å². The number of nitro groups is 1. The topological polar surface area (TPSA) is 96.3 Å². The first-order chi connectivity index (χ1) is 8.60. The highest BCUT2D eigenvalue weighted by atomic mass is 16.6. The van der Waals surface area contributed by atoms with E-state index in [9.17, 15) is 14.9 Å².